The quantitative estimate of drug-likeness (QED) is 0.159. The van der Waals surface area contributed by atoms with Crippen LogP contribution in [0.1, 0.15) is 74.8 Å². The minimum absolute atomic E-state index is 0.0710. The number of oxazole rings is 1. The lowest BCUT2D eigenvalue weighted by molar-refractivity contribution is -0.163. The van der Waals surface area contributed by atoms with Crippen LogP contribution >= 0.6 is 0 Å². The van der Waals surface area contributed by atoms with Crippen LogP contribution < -0.4 is 10.1 Å². The van der Waals surface area contributed by atoms with Crippen LogP contribution in [-0.4, -0.2) is 28.4 Å². The van der Waals surface area contributed by atoms with Crippen molar-refractivity contribution in [3.8, 4) is 5.75 Å². The molecule has 1 aromatic heterocycles. The van der Waals surface area contributed by atoms with Crippen molar-refractivity contribution in [1.29, 1.82) is 0 Å². The molecule has 0 aliphatic carbocycles. The average Bonchev–Trinajstić information content (AvgIpc) is 3.35. The first-order valence-corrected chi connectivity index (χ1v) is 13.4. The van der Waals surface area contributed by atoms with Crippen molar-refractivity contribution in [2.24, 2.45) is 0 Å². The SMILES string of the molecule is CCC(Oc1cccc(CNC(CCC(=O)c2ccccc2)c2nc3ccccc3o2)c1)C(=O)OC(C)(C)C. The van der Waals surface area contributed by atoms with E-state index in [1.54, 1.807) is 0 Å². The molecule has 0 radical (unpaired) electrons. The lowest BCUT2D eigenvalue weighted by Gasteiger charge is -2.24. The van der Waals surface area contributed by atoms with Gasteiger partial charge in [0.2, 0.25) is 5.89 Å². The van der Waals surface area contributed by atoms with E-state index in [0.29, 0.717) is 48.6 Å². The second-order valence-corrected chi connectivity index (χ2v) is 10.5. The molecule has 4 aromatic rings. The Morgan fingerprint density at radius 3 is 2.44 bits per heavy atom. The molecule has 2 unspecified atom stereocenters. The van der Waals surface area contributed by atoms with Gasteiger partial charge in [0.05, 0.1) is 6.04 Å². The Balaban J connectivity index is 1.46. The predicted octanol–water partition coefficient (Wildman–Crippen LogP) is 6.82. The summed E-state index contributed by atoms with van der Waals surface area (Å²) in [5, 5.41) is 3.51. The summed E-state index contributed by atoms with van der Waals surface area (Å²) in [6.45, 7) is 7.89. The normalized spacial score (nSPS) is 13.1. The maximum atomic E-state index is 12.8. The molecule has 3 aromatic carbocycles. The minimum atomic E-state index is -0.691. The molecule has 7 heteroatoms. The van der Waals surface area contributed by atoms with Crippen molar-refractivity contribution in [2.45, 2.75) is 71.2 Å². The van der Waals surface area contributed by atoms with Crippen molar-refractivity contribution >= 4 is 22.9 Å². The number of hydrogen-bond donors (Lipinski definition) is 1. The number of nitrogens with one attached hydrogen (secondary N) is 1. The Labute approximate surface area is 229 Å². The first-order chi connectivity index (χ1) is 18.7. The van der Waals surface area contributed by atoms with Gasteiger partial charge >= 0.3 is 5.97 Å². The summed E-state index contributed by atoms with van der Waals surface area (Å²) in [5.74, 6) is 0.819. The van der Waals surface area contributed by atoms with Crippen molar-refractivity contribution < 1.29 is 23.5 Å². The topological polar surface area (TPSA) is 90.7 Å². The fourth-order valence-electron chi connectivity index (χ4n) is 4.20. The van der Waals surface area contributed by atoms with E-state index in [2.05, 4.69) is 10.3 Å². The van der Waals surface area contributed by atoms with Crippen LogP contribution in [0, 0.1) is 0 Å². The maximum Gasteiger partial charge on any atom is 0.347 e. The molecule has 0 spiro atoms. The zero-order chi connectivity index (χ0) is 27.8. The molecular formula is C32H36N2O5. The minimum Gasteiger partial charge on any atom is -0.479 e. The molecule has 204 valence electrons. The summed E-state index contributed by atoms with van der Waals surface area (Å²) in [7, 11) is 0. The third kappa shape index (κ3) is 8.01. The van der Waals surface area contributed by atoms with E-state index in [9.17, 15) is 9.59 Å². The number of esters is 1. The number of hydrogen-bond acceptors (Lipinski definition) is 7. The third-order valence-corrected chi connectivity index (χ3v) is 6.13. The zero-order valence-electron chi connectivity index (χ0n) is 23.0. The molecule has 0 saturated heterocycles. The number of para-hydroxylation sites is 2. The van der Waals surface area contributed by atoms with Crippen molar-refractivity contribution in [1.82, 2.24) is 10.3 Å². The van der Waals surface area contributed by atoms with Gasteiger partial charge in [-0.2, -0.15) is 0 Å². The predicted molar refractivity (Wildman–Crippen MR) is 151 cm³/mol. The van der Waals surface area contributed by atoms with Crippen LogP contribution in [0.15, 0.2) is 83.3 Å². The van der Waals surface area contributed by atoms with Gasteiger partial charge in [-0.05, 0) is 63.4 Å². The standard InChI is InChI=1S/C32H36N2O5/c1-5-28(31(36)39-32(2,3)4)37-24-15-11-12-22(20-24)21-33-26(18-19-27(35)23-13-7-6-8-14-23)30-34-25-16-9-10-17-29(25)38-30/h6-17,20,26,28,33H,5,18-19,21H2,1-4H3. The average molecular weight is 529 g/mol. The molecular weight excluding hydrogens is 492 g/mol. The molecule has 1 heterocycles. The van der Waals surface area contributed by atoms with E-state index in [-0.39, 0.29) is 17.8 Å². The Bertz CT molecular complexity index is 1360. The van der Waals surface area contributed by atoms with E-state index < -0.39 is 11.7 Å². The highest BCUT2D eigenvalue weighted by atomic mass is 16.6. The van der Waals surface area contributed by atoms with Gasteiger partial charge in [0, 0.05) is 18.5 Å². The fourth-order valence-corrected chi connectivity index (χ4v) is 4.20. The van der Waals surface area contributed by atoms with Gasteiger partial charge in [-0.3, -0.25) is 4.79 Å². The van der Waals surface area contributed by atoms with E-state index >= 15 is 0 Å². The highest BCUT2D eigenvalue weighted by Crippen LogP contribution is 2.25. The zero-order valence-corrected chi connectivity index (χ0v) is 23.0. The summed E-state index contributed by atoms with van der Waals surface area (Å²) < 4.78 is 17.5. The number of benzene rings is 3. The molecule has 0 fully saturated rings. The molecule has 2 atom stereocenters. The molecule has 0 amide bonds. The van der Waals surface area contributed by atoms with Gasteiger partial charge in [0.15, 0.2) is 17.5 Å². The number of nitrogens with zero attached hydrogens (tertiary/aromatic N) is 1. The molecule has 39 heavy (non-hydrogen) atoms. The lowest BCUT2D eigenvalue weighted by Crippen LogP contribution is -2.34. The Hall–Kier alpha value is -3.97. The van der Waals surface area contributed by atoms with Gasteiger partial charge in [0.1, 0.15) is 16.9 Å². The molecule has 0 bridgehead atoms. The van der Waals surface area contributed by atoms with Crippen LogP contribution in [0.2, 0.25) is 0 Å². The highest BCUT2D eigenvalue weighted by molar-refractivity contribution is 5.96. The second-order valence-electron chi connectivity index (χ2n) is 10.5. The van der Waals surface area contributed by atoms with Gasteiger partial charge in [0.25, 0.3) is 0 Å². The van der Waals surface area contributed by atoms with Crippen molar-refractivity contribution in [3.05, 3.63) is 95.9 Å². The third-order valence-electron chi connectivity index (χ3n) is 6.13. The van der Waals surface area contributed by atoms with Crippen LogP contribution in [0.25, 0.3) is 11.1 Å². The van der Waals surface area contributed by atoms with E-state index in [1.165, 1.54) is 0 Å². The summed E-state index contributed by atoms with van der Waals surface area (Å²) in [5.41, 5.74) is 2.55. The number of rotatable bonds is 12. The number of ether oxygens (including phenoxy) is 2. The van der Waals surface area contributed by atoms with E-state index in [1.807, 2.05) is 107 Å². The van der Waals surface area contributed by atoms with Crippen LogP contribution in [0.5, 0.6) is 5.75 Å². The second kappa shape index (κ2) is 12.7. The largest absolute Gasteiger partial charge is 0.479 e. The fraction of sp³-hybridized carbons (Fsp3) is 0.344. The molecule has 1 N–H and O–H groups in total. The van der Waals surface area contributed by atoms with Crippen LogP contribution in [0.3, 0.4) is 0 Å². The molecule has 0 aliphatic heterocycles. The first kappa shape index (κ1) is 28.0. The molecule has 0 aliphatic rings. The monoisotopic (exact) mass is 528 g/mol. The number of fused-ring (bicyclic) bond motifs is 1. The van der Waals surface area contributed by atoms with Gasteiger partial charge in [-0.1, -0.05) is 61.5 Å². The Morgan fingerprint density at radius 1 is 0.974 bits per heavy atom. The van der Waals surface area contributed by atoms with Crippen molar-refractivity contribution in [3.63, 3.8) is 0 Å². The summed E-state index contributed by atoms with van der Waals surface area (Å²) >= 11 is 0. The summed E-state index contributed by atoms with van der Waals surface area (Å²) in [6, 6.07) is 24.2. The van der Waals surface area contributed by atoms with E-state index in [4.69, 9.17) is 13.9 Å². The van der Waals surface area contributed by atoms with Gasteiger partial charge < -0.3 is 19.2 Å². The van der Waals surface area contributed by atoms with Gasteiger partial charge in [-0.25, -0.2) is 9.78 Å². The number of Topliss-reactive ketones (excluding diaryl/α,β-unsaturated/α-hetero) is 1. The Kier molecular flexibility index (Phi) is 9.15. The van der Waals surface area contributed by atoms with Crippen LogP contribution in [-0.2, 0) is 16.1 Å². The van der Waals surface area contributed by atoms with E-state index in [0.717, 1.165) is 11.1 Å². The maximum absolute atomic E-state index is 12.8. The number of carbonyl (C=O) groups excluding carboxylic acids is 2. The lowest BCUT2D eigenvalue weighted by atomic mass is 10.0. The number of ketones is 1. The first-order valence-electron chi connectivity index (χ1n) is 13.4. The number of carbonyl (C=O) groups is 2. The summed E-state index contributed by atoms with van der Waals surface area (Å²) in [4.78, 5) is 30.0. The molecule has 0 saturated carbocycles. The van der Waals surface area contributed by atoms with Crippen LogP contribution in [0.4, 0.5) is 0 Å². The number of aromatic nitrogens is 1. The Morgan fingerprint density at radius 2 is 1.72 bits per heavy atom. The summed E-state index contributed by atoms with van der Waals surface area (Å²) in [6.07, 6.45) is 0.668. The smallest absolute Gasteiger partial charge is 0.347 e. The van der Waals surface area contributed by atoms with Crippen molar-refractivity contribution in [2.75, 3.05) is 0 Å². The highest BCUT2D eigenvalue weighted by Gasteiger charge is 2.26. The molecule has 4 rings (SSSR count). The van der Waals surface area contributed by atoms with Gasteiger partial charge in [-0.15, -0.1) is 0 Å². The molecule has 7 nitrogen and oxygen atoms in total.